The molecule has 3 nitrogen and oxygen atoms in total. The fraction of sp³-hybridized carbons (Fsp3) is 0.111. The molecule has 3 heteroatoms. The van der Waals surface area contributed by atoms with Crippen molar-refractivity contribution >= 4 is 18.1 Å². The van der Waals surface area contributed by atoms with E-state index in [0.717, 1.165) is 0 Å². The van der Waals surface area contributed by atoms with E-state index in [-0.39, 0.29) is 5.57 Å². The summed E-state index contributed by atoms with van der Waals surface area (Å²) in [6.45, 7) is 1.77. The van der Waals surface area contributed by atoms with Crippen LogP contribution in [0.2, 0.25) is 0 Å². The van der Waals surface area contributed by atoms with Gasteiger partial charge in [0.05, 0.1) is 5.57 Å². The summed E-state index contributed by atoms with van der Waals surface area (Å²) in [5.41, 5.74) is 0.262. The molecule has 0 N–H and O–H groups in total. The van der Waals surface area contributed by atoms with Gasteiger partial charge in [-0.1, -0.05) is 0 Å². The Morgan fingerprint density at radius 1 is 1.42 bits per heavy atom. The smallest absolute Gasteiger partial charge is 0.153 e. The number of carbonyl (C=O) groups excluding carboxylic acids is 2. The Labute approximate surface area is 69.7 Å². The third-order valence-electron chi connectivity index (χ3n) is 1.40. The molecule has 1 aromatic rings. The van der Waals surface area contributed by atoms with Crippen LogP contribution in [-0.4, -0.2) is 12.6 Å². The zero-order chi connectivity index (χ0) is 8.97. The number of allylic oxidation sites excluding steroid dienone is 2. The van der Waals surface area contributed by atoms with Gasteiger partial charge in [-0.3, -0.25) is 9.59 Å². The lowest BCUT2D eigenvalue weighted by Crippen LogP contribution is -1.82. The summed E-state index contributed by atoms with van der Waals surface area (Å²) in [7, 11) is 0. The van der Waals surface area contributed by atoms with E-state index >= 15 is 0 Å². The molecule has 0 aliphatic rings. The number of hydrogen-bond donors (Lipinski definition) is 0. The zero-order valence-corrected chi connectivity index (χ0v) is 6.61. The molecule has 1 aromatic heterocycles. The number of rotatable bonds is 3. The first-order valence-electron chi connectivity index (χ1n) is 3.45. The van der Waals surface area contributed by atoms with Crippen molar-refractivity contribution in [3.8, 4) is 0 Å². The lowest BCUT2D eigenvalue weighted by atomic mass is 10.2. The van der Waals surface area contributed by atoms with Gasteiger partial charge in [-0.15, -0.1) is 0 Å². The minimum atomic E-state index is 0.262. The molecule has 0 bridgehead atoms. The summed E-state index contributed by atoms with van der Waals surface area (Å²) in [4.78, 5) is 20.5. The maximum atomic E-state index is 10.4. The summed E-state index contributed by atoms with van der Waals surface area (Å²) in [6.07, 6.45) is 2.32. The summed E-state index contributed by atoms with van der Waals surface area (Å²) in [6, 6.07) is 3.39. The van der Waals surface area contributed by atoms with E-state index in [2.05, 4.69) is 0 Å². The summed E-state index contributed by atoms with van der Waals surface area (Å²) in [5.74, 6) is 1.14. The molecule has 0 unspecified atom stereocenters. The Bertz CT molecular complexity index is 320. The van der Waals surface area contributed by atoms with Gasteiger partial charge in [0.1, 0.15) is 17.8 Å². The van der Waals surface area contributed by atoms with Gasteiger partial charge >= 0.3 is 0 Å². The fourth-order valence-corrected chi connectivity index (χ4v) is 0.842. The third-order valence-corrected chi connectivity index (χ3v) is 1.40. The van der Waals surface area contributed by atoms with E-state index < -0.39 is 0 Å². The van der Waals surface area contributed by atoms with Crippen LogP contribution >= 0.6 is 0 Å². The van der Waals surface area contributed by atoms with E-state index in [0.29, 0.717) is 24.1 Å². The normalized spacial score (nSPS) is 11.2. The van der Waals surface area contributed by atoms with Crippen molar-refractivity contribution in [1.29, 1.82) is 0 Å². The molecular weight excluding hydrogens is 156 g/mol. The van der Waals surface area contributed by atoms with Crippen molar-refractivity contribution in [2.75, 3.05) is 0 Å². The second kappa shape index (κ2) is 3.67. The second-order valence-electron chi connectivity index (χ2n) is 2.29. The van der Waals surface area contributed by atoms with Crippen molar-refractivity contribution in [3.63, 3.8) is 0 Å². The van der Waals surface area contributed by atoms with Crippen LogP contribution in [0.5, 0.6) is 0 Å². The molecule has 0 atom stereocenters. The standard InChI is InChI=1S/C9H8O3/c1-7-2-3-9(12-7)8(6-11)4-5-10/h2-6H,1H3. The van der Waals surface area contributed by atoms with Gasteiger partial charge in [0.15, 0.2) is 6.29 Å². The highest BCUT2D eigenvalue weighted by atomic mass is 16.3. The number of carbonyl (C=O) groups is 2. The van der Waals surface area contributed by atoms with Crippen LogP contribution in [0.25, 0.3) is 5.57 Å². The minimum absolute atomic E-state index is 0.262. The summed E-state index contributed by atoms with van der Waals surface area (Å²) in [5, 5.41) is 0. The van der Waals surface area contributed by atoms with E-state index in [4.69, 9.17) is 4.42 Å². The van der Waals surface area contributed by atoms with Crippen molar-refractivity contribution in [2.45, 2.75) is 6.92 Å². The third kappa shape index (κ3) is 1.69. The van der Waals surface area contributed by atoms with Gasteiger partial charge in [-0.2, -0.15) is 0 Å². The van der Waals surface area contributed by atoms with Gasteiger partial charge < -0.3 is 4.42 Å². The van der Waals surface area contributed by atoms with Gasteiger partial charge in [0.25, 0.3) is 0 Å². The molecule has 0 aliphatic carbocycles. The van der Waals surface area contributed by atoms with Crippen molar-refractivity contribution in [3.05, 3.63) is 29.7 Å². The maximum Gasteiger partial charge on any atom is 0.153 e. The predicted octanol–water partition coefficient (Wildman–Crippen LogP) is 1.37. The van der Waals surface area contributed by atoms with Gasteiger partial charge in [-0.25, -0.2) is 0 Å². The van der Waals surface area contributed by atoms with Crippen LogP contribution in [0.1, 0.15) is 11.5 Å². The monoisotopic (exact) mass is 164 g/mol. The molecule has 0 aliphatic heterocycles. The molecule has 0 saturated carbocycles. The topological polar surface area (TPSA) is 47.3 Å². The van der Waals surface area contributed by atoms with Crippen LogP contribution in [0, 0.1) is 6.92 Å². The Morgan fingerprint density at radius 2 is 2.17 bits per heavy atom. The molecule has 0 aromatic carbocycles. The van der Waals surface area contributed by atoms with Crippen LogP contribution < -0.4 is 0 Å². The van der Waals surface area contributed by atoms with Crippen LogP contribution in [0.4, 0.5) is 0 Å². The summed E-state index contributed by atoms with van der Waals surface area (Å²) < 4.78 is 5.13. The lowest BCUT2D eigenvalue weighted by molar-refractivity contribution is -0.105. The quantitative estimate of drug-likeness (QED) is 0.500. The SMILES string of the molecule is Cc1ccc(C(C=O)=CC=O)o1. The maximum absolute atomic E-state index is 10.4. The fourth-order valence-electron chi connectivity index (χ4n) is 0.842. The average molecular weight is 164 g/mol. The van der Waals surface area contributed by atoms with Gasteiger partial charge in [0, 0.05) is 0 Å². The molecule has 0 fully saturated rings. The highest BCUT2D eigenvalue weighted by Gasteiger charge is 2.03. The molecular formula is C9H8O3. The first-order valence-corrected chi connectivity index (χ1v) is 3.45. The van der Waals surface area contributed by atoms with Gasteiger partial charge in [0.2, 0.25) is 0 Å². The minimum Gasteiger partial charge on any atom is -0.461 e. The molecule has 12 heavy (non-hydrogen) atoms. The molecule has 0 saturated heterocycles. The Hall–Kier alpha value is -1.64. The van der Waals surface area contributed by atoms with Crippen LogP contribution in [-0.2, 0) is 9.59 Å². The Morgan fingerprint density at radius 3 is 2.58 bits per heavy atom. The Kier molecular flexibility index (Phi) is 2.58. The highest BCUT2D eigenvalue weighted by Crippen LogP contribution is 2.14. The van der Waals surface area contributed by atoms with Crippen LogP contribution in [0.3, 0.4) is 0 Å². The largest absolute Gasteiger partial charge is 0.461 e. The number of hydrogen-bond acceptors (Lipinski definition) is 3. The molecule has 0 radical (unpaired) electrons. The first-order chi connectivity index (χ1) is 5.77. The Balaban J connectivity index is 3.02. The average Bonchev–Trinajstić information content (AvgIpc) is 2.47. The number of aryl methyl sites for hydroxylation is 1. The van der Waals surface area contributed by atoms with E-state index in [1.807, 2.05) is 0 Å². The summed E-state index contributed by atoms with van der Waals surface area (Å²) >= 11 is 0. The number of furan rings is 1. The predicted molar refractivity (Wildman–Crippen MR) is 43.6 cm³/mol. The van der Waals surface area contributed by atoms with Crippen molar-refractivity contribution in [1.82, 2.24) is 0 Å². The number of aldehydes is 2. The van der Waals surface area contributed by atoms with E-state index in [1.54, 1.807) is 19.1 Å². The second-order valence-corrected chi connectivity index (χ2v) is 2.29. The van der Waals surface area contributed by atoms with Crippen molar-refractivity contribution in [2.24, 2.45) is 0 Å². The molecule has 1 rings (SSSR count). The zero-order valence-electron chi connectivity index (χ0n) is 6.61. The van der Waals surface area contributed by atoms with Crippen molar-refractivity contribution < 1.29 is 14.0 Å². The van der Waals surface area contributed by atoms with E-state index in [9.17, 15) is 9.59 Å². The molecule has 1 heterocycles. The molecule has 0 amide bonds. The van der Waals surface area contributed by atoms with Gasteiger partial charge in [-0.05, 0) is 25.1 Å². The van der Waals surface area contributed by atoms with Crippen LogP contribution in [0.15, 0.2) is 22.6 Å². The molecule has 0 spiro atoms. The van der Waals surface area contributed by atoms with E-state index in [1.165, 1.54) is 6.08 Å². The lowest BCUT2D eigenvalue weighted by Gasteiger charge is -1.90. The molecule has 62 valence electrons. The highest BCUT2D eigenvalue weighted by molar-refractivity contribution is 6.09. The first kappa shape index (κ1) is 8.46.